The third-order valence-electron chi connectivity index (χ3n) is 4.55. The van der Waals surface area contributed by atoms with E-state index in [0.29, 0.717) is 11.4 Å². The highest BCUT2D eigenvalue weighted by Crippen LogP contribution is 2.58. The van der Waals surface area contributed by atoms with Crippen LogP contribution in [0, 0.1) is 24.2 Å². The molecule has 1 fully saturated rings. The van der Waals surface area contributed by atoms with Gasteiger partial charge in [-0.15, -0.1) is 0 Å². The van der Waals surface area contributed by atoms with Crippen LogP contribution < -0.4 is 5.32 Å². The van der Waals surface area contributed by atoms with Crippen molar-refractivity contribution < 1.29 is 14.7 Å². The van der Waals surface area contributed by atoms with Gasteiger partial charge in [0.15, 0.2) is 0 Å². The Morgan fingerprint density at radius 1 is 1.22 bits per heavy atom. The zero-order valence-corrected chi connectivity index (χ0v) is 13.3. The number of carboxylic acid groups (broad SMARTS) is 1. The number of para-hydroxylation sites is 1. The predicted molar refractivity (Wildman–Crippen MR) is 85.3 cm³/mol. The van der Waals surface area contributed by atoms with Gasteiger partial charge in [-0.25, -0.2) is 4.68 Å². The summed E-state index contributed by atoms with van der Waals surface area (Å²) in [5, 5.41) is 16.4. The molecule has 2 atom stereocenters. The number of carboxylic acids is 1. The summed E-state index contributed by atoms with van der Waals surface area (Å²) in [6.07, 6.45) is 1.74. The second-order valence-electron chi connectivity index (χ2n) is 6.51. The molecule has 23 heavy (non-hydrogen) atoms. The number of anilines is 1. The van der Waals surface area contributed by atoms with Crippen LogP contribution in [-0.2, 0) is 9.59 Å². The number of benzene rings is 1. The fourth-order valence-electron chi connectivity index (χ4n) is 3.09. The van der Waals surface area contributed by atoms with E-state index >= 15 is 0 Å². The minimum absolute atomic E-state index is 0.266. The van der Waals surface area contributed by atoms with Crippen LogP contribution in [0.25, 0.3) is 5.69 Å². The number of nitrogens with one attached hydrogen (secondary N) is 1. The SMILES string of the molecule is Cc1nn(-c2ccccc2)cc1NC(=O)[C@@H]1[C@H](C(=O)O)C1(C)C. The van der Waals surface area contributed by atoms with E-state index < -0.39 is 23.2 Å². The van der Waals surface area contributed by atoms with Gasteiger partial charge in [0.05, 0.1) is 35.1 Å². The Morgan fingerprint density at radius 3 is 2.43 bits per heavy atom. The lowest BCUT2D eigenvalue weighted by molar-refractivity contribution is -0.140. The second-order valence-corrected chi connectivity index (χ2v) is 6.51. The zero-order valence-electron chi connectivity index (χ0n) is 13.3. The van der Waals surface area contributed by atoms with E-state index in [0.717, 1.165) is 5.69 Å². The summed E-state index contributed by atoms with van der Waals surface area (Å²) in [5.41, 5.74) is 1.67. The first-order valence-corrected chi connectivity index (χ1v) is 7.47. The van der Waals surface area contributed by atoms with Gasteiger partial charge >= 0.3 is 5.97 Å². The summed E-state index contributed by atoms with van der Waals surface area (Å²) in [7, 11) is 0. The lowest BCUT2D eigenvalue weighted by Gasteiger charge is -2.04. The summed E-state index contributed by atoms with van der Waals surface area (Å²) in [5.74, 6) is -2.34. The summed E-state index contributed by atoms with van der Waals surface area (Å²) in [6.45, 7) is 5.41. The van der Waals surface area contributed by atoms with Crippen molar-refractivity contribution in [2.75, 3.05) is 5.32 Å². The molecule has 2 aromatic rings. The number of carbonyl (C=O) groups excluding carboxylic acids is 1. The van der Waals surface area contributed by atoms with Gasteiger partial charge in [-0.1, -0.05) is 32.0 Å². The fraction of sp³-hybridized carbons (Fsp3) is 0.353. The minimum Gasteiger partial charge on any atom is -0.481 e. The van der Waals surface area contributed by atoms with Gasteiger partial charge in [0.2, 0.25) is 5.91 Å². The fourth-order valence-corrected chi connectivity index (χ4v) is 3.09. The largest absolute Gasteiger partial charge is 0.481 e. The number of amides is 1. The van der Waals surface area contributed by atoms with E-state index in [1.165, 1.54) is 0 Å². The molecule has 6 heteroatoms. The van der Waals surface area contributed by atoms with E-state index in [2.05, 4.69) is 10.4 Å². The highest BCUT2D eigenvalue weighted by Gasteiger charge is 2.65. The van der Waals surface area contributed by atoms with Gasteiger partial charge in [-0.3, -0.25) is 9.59 Å². The molecule has 3 rings (SSSR count). The van der Waals surface area contributed by atoms with Gasteiger partial charge < -0.3 is 10.4 Å². The lowest BCUT2D eigenvalue weighted by Crippen LogP contribution is -2.18. The second kappa shape index (κ2) is 5.22. The van der Waals surface area contributed by atoms with E-state index in [-0.39, 0.29) is 5.91 Å². The molecular formula is C17H19N3O3. The van der Waals surface area contributed by atoms with Crippen LogP contribution in [-0.4, -0.2) is 26.8 Å². The zero-order chi connectivity index (χ0) is 16.8. The molecule has 1 heterocycles. The van der Waals surface area contributed by atoms with Crippen LogP contribution in [0.3, 0.4) is 0 Å². The maximum Gasteiger partial charge on any atom is 0.307 e. The number of aryl methyl sites for hydroxylation is 1. The van der Waals surface area contributed by atoms with Crippen LogP contribution in [0.15, 0.2) is 36.5 Å². The topological polar surface area (TPSA) is 84.2 Å². The molecule has 0 spiro atoms. The summed E-state index contributed by atoms with van der Waals surface area (Å²) in [4.78, 5) is 23.6. The van der Waals surface area contributed by atoms with E-state index in [9.17, 15) is 14.7 Å². The number of rotatable bonds is 4. The number of hydrogen-bond donors (Lipinski definition) is 2. The lowest BCUT2D eigenvalue weighted by atomic mass is 10.1. The standard InChI is InChI=1S/C17H19N3O3/c1-10-12(9-20(19-10)11-7-5-4-6-8-11)18-15(21)13-14(16(22)23)17(13,2)3/h4-9,13-14H,1-3H3,(H,18,21)(H,22,23)/t13-,14+/m0/s1. The molecule has 1 amide bonds. The van der Waals surface area contributed by atoms with Crippen molar-refractivity contribution in [3.8, 4) is 5.69 Å². The molecule has 0 aliphatic heterocycles. The van der Waals surface area contributed by atoms with Crippen molar-refractivity contribution in [3.63, 3.8) is 0 Å². The predicted octanol–water partition coefficient (Wildman–Crippen LogP) is 2.48. The average Bonchev–Trinajstić information content (AvgIpc) is 2.91. The van der Waals surface area contributed by atoms with Crippen LogP contribution >= 0.6 is 0 Å². The van der Waals surface area contributed by atoms with E-state index in [4.69, 9.17) is 0 Å². The van der Waals surface area contributed by atoms with Gasteiger partial charge in [0, 0.05) is 0 Å². The molecule has 0 saturated heterocycles. The summed E-state index contributed by atoms with van der Waals surface area (Å²) in [6, 6.07) is 9.58. The van der Waals surface area contributed by atoms with Crippen LogP contribution in [0.2, 0.25) is 0 Å². The van der Waals surface area contributed by atoms with Crippen LogP contribution in [0.1, 0.15) is 19.5 Å². The highest BCUT2D eigenvalue weighted by atomic mass is 16.4. The van der Waals surface area contributed by atoms with E-state index in [1.54, 1.807) is 24.7 Å². The Balaban J connectivity index is 1.78. The minimum atomic E-state index is -0.924. The molecule has 2 N–H and O–H groups in total. The molecule has 1 aromatic heterocycles. The first kappa shape index (κ1) is 15.3. The maximum absolute atomic E-state index is 12.4. The molecule has 1 aliphatic rings. The van der Waals surface area contributed by atoms with Crippen molar-refractivity contribution in [1.82, 2.24) is 9.78 Å². The van der Waals surface area contributed by atoms with Crippen molar-refractivity contribution in [1.29, 1.82) is 0 Å². The summed E-state index contributed by atoms with van der Waals surface area (Å²) >= 11 is 0. The molecule has 0 radical (unpaired) electrons. The third kappa shape index (κ3) is 2.60. The third-order valence-corrected chi connectivity index (χ3v) is 4.55. The Morgan fingerprint density at radius 2 is 1.87 bits per heavy atom. The molecular weight excluding hydrogens is 294 g/mol. The molecule has 1 aromatic carbocycles. The van der Waals surface area contributed by atoms with Gasteiger partial charge in [0.1, 0.15) is 0 Å². The maximum atomic E-state index is 12.4. The van der Waals surface area contributed by atoms with Crippen molar-refractivity contribution in [2.45, 2.75) is 20.8 Å². The average molecular weight is 313 g/mol. The van der Waals surface area contributed by atoms with Crippen molar-refractivity contribution in [3.05, 3.63) is 42.2 Å². The molecule has 1 saturated carbocycles. The van der Waals surface area contributed by atoms with Crippen molar-refractivity contribution in [2.24, 2.45) is 17.3 Å². The number of nitrogens with zero attached hydrogens (tertiary/aromatic N) is 2. The Labute approximate surface area is 134 Å². The Hall–Kier alpha value is -2.63. The molecule has 0 bridgehead atoms. The summed E-state index contributed by atoms with van der Waals surface area (Å²) < 4.78 is 1.69. The smallest absolute Gasteiger partial charge is 0.307 e. The van der Waals surface area contributed by atoms with E-state index in [1.807, 2.05) is 37.3 Å². The number of aliphatic carboxylic acids is 1. The Bertz CT molecular complexity index is 765. The van der Waals surface area contributed by atoms with Crippen molar-refractivity contribution >= 4 is 17.6 Å². The number of aromatic nitrogens is 2. The molecule has 120 valence electrons. The Kier molecular flexibility index (Phi) is 3.47. The quantitative estimate of drug-likeness (QED) is 0.908. The van der Waals surface area contributed by atoms with Gasteiger partial charge in [0.25, 0.3) is 0 Å². The first-order chi connectivity index (χ1) is 10.8. The molecule has 6 nitrogen and oxygen atoms in total. The van der Waals surface area contributed by atoms with Gasteiger partial charge in [-0.2, -0.15) is 5.10 Å². The highest BCUT2D eigenvalue weighted by molar-refractivity contribution is 5.99. The number of hydrogen-bond acceptors (Lipinski definition) is 3. The van der Waals surface area contributed by atoms with Gasteiger partial charge in [-0.05, 0) is 24.5 Å². The first-order valence-electron chi connectivity index (χ1n) is 7.47. The van der Waals surface area contributed by atoms with Crippen LogP contribution in [0.4, 0.5) is 5.69 Å². The van der Waals surface area contributed by atoms with Crippen LogP contribution in [0.5, 0.6) is 0 Å². The normalized spacial score (nSPS) is 21.7. The molecule has 0 unspecified atom stereocenters. The molecule has 1 aliphatic carbocycles. The number of carbonyl (C=O) groups is 2. The monoisotopic (exact) mass is 313 g/mol.